The van der Waals surface area contributed by atoms with Gasteiger partial charge < -0.3 is 15.1 Å². The number of hydrogen-bond donors (Lipinski definition) is 1. The molecule has 3 amide bonds. The molecule has 5 rings (SSSR count). The first-order valence-electron chi connectivity index (χ1n) is 10.7. The number of fused-ring (bicyclic) bond motifs is 1. The van der Waals surface area contributed by atoms with Gasteiger partial charge in [0.05, 0.1) is 11.6 Å². The number of benzene rings is 2. The maximum absolute atomic E-state index is 13.6. The summed E-state index contributed by atoms with van der Waals surface area (Å²) in [6.07, 6.45) is 2.57. The highest BCUT2D eigenvalue weighted by atomic mass is 19.1. The van der Waals surface area contributed by atoms with Crippen LogP contribution in [0.5, 0.6) is 0 Å². The number of hydrogen-bond acceptors (Lipinski definition) is 3. The molecule has 31 heavy (non-hydrogen) atoms. The Morgan fingerprint density at radius 1 is 1.10 bits per heavy atom. The predicted octanol–water partition coefficient (Wildman–Crippen LogP) is 2.79. The molecule has 0 aromatic heterocycles. The molecule has 7 heteroatoms. The normalized spacial score (nSPS) is 25.1. The highest BCUT2D eigenvalue weighted by Gasteiger charge is 2.51. The van der Waals surface area contributed by atoms with Gasteiger partial charge in [-0.1, -0.05) is 30.3 Å². The standard InChI is InChI=1S/C24H24FN3O3/c25-18-8-6-16(7-9-18)22-24(12-10-20(29)26-24)11-3-13-28(22)21(30)15-27-14-17-4-1-2-5-19(17)23(27)31/h1-2,4-9,22H,3,10-15H2,(H,26,29)/t22-,24+/m1/s1. The van der Waals surface area contributed by atoms with E-state index >= 15 is 0 Å². The van der Waals surface area contributed by atoms with Crippen LogP contribution in [0.1, 0.15) is 53.2 Å². The summed E-state index contributed by atoms with van der Waals surface area (Å²) < 4.78 is 13.6. The Morgan fingerprint density at radius 3 is 2.58 bits per heavy atom. The topological polar surface area (TPSA) is 69.7 Å². The molecule has 0 saturated carbocycles. The van der Waals surface area contributed by atoms with E-state index in [1.807, 2.05) is 18.2 Å². The molecule has 2 atom stereocenters. The van der Waals surface area contributed by atoms with Gasteiger partial charge in [0.1, 0.15) is 12.4 Å². The number of piperidine rings is 1. The third-order valence-corrected chi connectivity index (χ3v) is 6.77. The fourth-order valence-electron chi connectivity index (χ4n) is 5.37. The highest BCUT2D eigenvalue weighted by molar-refractivity contribution is 6.00. The van der Waals surface area contributed by atoms with Crippen molar-refractivity contribution in [1.82, 2.24) is 15.1 Å². The van der Waals surface area contributed by atoms with Gasteiger partial charge >= 0.3 is 0 Å². The molecular weight excluding hydrogens is 397 g/mol. The van der Waals surface area contributed by atoms with Gasteiger partial charge in [-0.05, 0) is 48.6 Å². The smallest absolute Gasteiger partial charge is 0.254 e. The molecule has 2 saturated heterocycles. The summed E-state index contributed by atoms with van der Waals surface area (Å²) in [6, 6.07) is 13.2. The van der Waals surface area contributed by atoms with Crippen LogP contribution < -0.4 is 5.32 Å². The molecule has 3 aliphatic rings. The minimum Gasteiger partial charge on any atom is -0.348 e. The monoisotopic (exact) mass is 421 g/mol. The fraction of sp³-hybridized carbons (Fsp3) is 0.375. The lowest BCUT2D eigenvalue weighted by Gasteiger charge is -2.48. The van der Waals surface area contributed by atoms with E-state index in [0.717, 1.165) is 24.0 Å². The Morgan fingerprint density at radius 2 is 1.87 bits per heavy atom. The van der Waals surface area contributed by atoms with Crippen molar-refractivity contribution in [1.29, 1.82) is 0 Å². The van der Waals surface area contributed by atoms with Crippen LogP contribution in [0.4, 0.5) is 4.39 Å². The Kier molecular flexibility index (Phi) is 4.76. The molecule has 0 bridgehead atoms. The van der Waals surface area contributed by atoms with Gasteiger partial charge in [0.25, 0.3) is 5.91 Å². The first-order chi connectivity index (χ1) is 15.0. The second-order valence-electron chi connectivity index (χ2n) is 8.67. The van der Waals surface area contributed by atoms with Gasteiger partial charge in [0.2, 0.25) is 11.8 Å². The first-order valence-corrected chi connectivity index (χ1v) is 10.7. The van der Waals surface area contributed by atoms with E-state index in [-0.39, 0.29) is 36.1 Å². The highest BCUT2D eigenvalue weighted by Crippen LogP contribution is 2.44. The van der Waals surface area contributed by atoms with Crippen LogP contribution in [0.3, 0.4) is 0 Å². The van der Waals surface area contributed by atoms with Crippen molar-refractivity contribution in [2.24, 2.45) is 0 Å². The van der Waals surface area contributed by atoms with Crippen molar-refractivity contribution in [3.63, 3.8) is 0 Å². The number of halogens is 1. The van der Waals surface area contributed by atoms with E-state index in [2.05, 4.69) is 5.32 Å². The van der Waals surface area contributed by atoms with Crippen LogP contribution >= 0.6 is 0 Å². The van der Waals surface area contributed by atoms with Crippen molar-refractivity contribution in [2.75, 3.05) is 13.1 Å². The van der Waals surface area contributed by atoms with Gasteiger partial charge in [0.15, 0.2) is 0 Å². The molecule has 3 heterocycles. The number of carbonyl (C=O) groups is 3. The molecule has 3 aliphatic heterocycles. The van der Waals surface area contributed by atoms with E-state index in [9.17, 15) is 18.8 Å². The van der Waals surface area contributed by atoms with Crippen LogP contribution in [0.2, 0.25) is 0 Å². The number of nitrogens with zero attached hydrogens (tertiary/aromatic N) is 2. The molecule has 1 N–H and O–H groups in total. The first kappa shape index (κ1) is 19.7. The Bertz CT molecular complexity index is 1050. The van der Waals surface area contributed by atoms with Crippen LogP contribution in [-0.2, 0) is 16.1 Å². The Balaban J connectivity index is 1.44. The molecular formula is C24H24FN3O3. The van der Waals surface area contributed by atoms with Crippen LogP contribution in [0, 0.1) is 5.82 Å². The average molecular weight is 421 g/mol. The lowest BCUT2D eigenvalue weighted by molar-refractivity contribution is -0.139. The summed E-state index contributed by atoms with van der Waals surface area (Å²) in [7, 11) is 0. The summed E-state index contributed by atoms with van der Waals surface area (Å²) >= 11 is 0. The van der Waals surface area contributed by atoms with E-state index in [1.54, 1.807) is 28.0 Å². The Labute approximate surface area is 180 Å². The summed E-state index contributed by atoms with van der Waals surface area (Å²) in [5.41, 5.74) is 1.81. The predicted molar refractivity (Wildman–Crippen MR) is 111 cm³/mol. The third kappa shape index (κ3) is 3.38. The molecule has 6 nitrogen and oxygen atoms in total. The molecule has 2 aromatic carbocycles. The van der Waals surface area contributed by atoms with E-state index < -0.39 is 5.54 Å². The van der Waals surface area contributed by atoms with Crippen molar-refractivity contribution in [3.8, 4) is 0 Å². The number of rotatable bonds is 3. The van der Waals surface area contributed by atoms with Crippen molar-refractivity contribution in [2.45, 2.75) is 43.8 Å². The molecule has 0 unspecified atom stereocenters. The summed E-state index contributed by atoms with van der Waals surface area (Å²) in [6.45, 7) is 0.931. The van der Waals surface area contributed by atoms with Crippen LogP contribution in [-0.4, -0.2) is 46.1 Å². The average Bonchev–Trinajstić information content (AvgIpc) is 3.29. The zero-order valence-corrected chi connectivity index (χ0v) is 17.1. The van der Waals surface area contributed by atoms with Crippen LogP contribution in [0.15, 0.2) is 48.5 Å². The van der Waals surface area contributed by atoms with E-state index in [4.69, 9.17) is 0 Å². The SMILES string of the molecule is O=C1CC[C@]2(CCCN(C(=O)CN3Cc4ccccc4C3=O)[C@@H]2c2ccc(F)cc2)N1. The largest absolute Gasteiger partial charge is 0.348 e. The number of carbonyl (C=O) groups excluding carboxylic acids is 3. The Hall–Kier alpha value is -3.22. The lowest BCUT2D eigenvalue weighted by atomic mass is 9.76. The second-order valence-corrected chi connectivity index (χ2v) is 8.67. The maximum atomic E-state index is 13.6. The number of likely N-dealkylation sites (tertiary alicyclic amines) is 1. The quantitative estimate of drug-likeness (QED) is 0.829. The van der Waals surface area contributed by atoms with E-state index in [1.165, 1.54) is 12.1 Å². The molecule has 2 fully saturated rings. The molecule has 0 aliphatic carbocycles. The van der Waals surface area contributed by atoms with Crippen LogP contribution in [0.25, 0.3) is 0 Å². The molecule has 0 radical (unpaired) electrons. The molecule has 1 spiro atoms. The fourth-order valence-corrected chi connectivity index (χ4v) is 5.37. The summed E-state index contributed by atoms with van der Waals surface area (Å²) in [4.78, 5) is 41.7. The maximum Gasteiger partial charge on any atom is 0.254 e. The van der Waals surface area contributed by atoms with Gasteiger partial charge in [-0.25, -0.2) is 4.39 Å². The zero-order valence-electron chi connectivity index (χ0n) is 17.1. The minimum absolute atomic E-state index is 0.0186. The molecule has 2 aromatic rings. The van der Waals surface area contributed by atoms with Crippen molar-refractivity contribution in [3.05, 3.63) is 71.0 Å². The number of amides is 3. The summed E-state index contributed by atoms with van der Waals surface area (Å²) in [5, 5.41) is 3.13. The zero-order chi connectivity index (χ0) is 21.6. The van der Waals surface area contributed by atoms with Crippen molar-refractivity contribution >= 4 is 17.7 Å². The third-order valence-electron chi connectivity index (χ3n) is 6.77. The van der Waals surface area contributed by atoms with Gasteiger partial charge in [0, 0.05) is 25.1 Å². The van der Waals surface area contributed by atoms with Gasteiger partial charge in [-0.15, -0.1) is 0 Å². The minimum atomic E-state index is -0.555. The van der Waals surface area contributed by atoms with Gasteiger partial charge in [-0.3, -0.25) is 14.4 Å². The number of nitrogens with one attached hydrogen (secondary N) is 1. The van der Waals surface area contributed by atoms with E-state index in [0.29, 0.717) is 31.5 Å². The summed E-state index contributed by atoms with van der Waals surface area (Å²) in [5.74, 6) is -0.659. The van der Waals surface area contributed by atoms with Crippen molar-refractivity contribution < 1.29 is 18.8 Å². The second kappa shape index (κ2) is 7.48. The lowest BCUT2D eigenvalue weighted by Crippen LogP contribution is -2.59. The van der Waals surface area contributed by atoms with Gasteiger partial charge in [-0.2, -0.15) is 0 Å². The molecule has 160 valence electrons.